The summed E-state index contributed by atoms with van der Waals surface area (Å²) in [5, 5.41) is 0. The predicted molar refractivity (Wildman–Crippen MR) is 72.9 cm³/mol. The van der Waals surface area contributed by atoms with Crippen LogP contribution in [0, 0.1) is 12.3 Å². The zero-order chi connectivity index (χ0) is 13.9. The van der Waals surface area contributed by atoms with E-state index in [1.807, 2.05) is 19.1 Å². The number of hydrogen-bond donors (Lipinski definition) is 0. The van der Waals surface area contributed by atoms with Crippen molar-refractivity contribution in [3.8, 4) is 0 Å². The van der Waals surface area contributed by atoms with Gasteiger partial charge in [0.25, 0.3) is 0 Å². The van der Waals surface area contributed by atoms with Crippen molar-refractivity contribution in [1.29, 1.82) is 0 Å². The maximum absolute atomic E-state index is 11.9. The second-order valence-electron chi connectivity index (χ2n) is 5.63. The lowest BCUT2D eigenvalue weighted by Gasteiger charge is -2.41. The molecule has 1 saturated carbocycles. The van der Waals surface area contributed by atoms with Gasteiger partial charge < -0.3 is 14.1 Å². The second kappa shape index (κ2) is 5.78. The smallest absolute Gasteiger partial charge is 0.313 e. The lowest BCUT2D eigenvalue weighted by molar-refractivity contribution is -0.159. The number of furan rings is 1. The summed E-state index contributed by atoms with van der Waals surface area (Å²) in [7, 11) is 3.53. The summed E-state index contributed by atoms with van der Waals surface area (Å²) < 4.78 is 10.5. The van der Waals surface area contributed by atoms with E-state index < -0.39 is 0 Å². The Morgan fingerprint density at radius 1 is 1.47 bits per heavy atom. The molecule has 1 aromatic rings. The molecule has 4 nitrogen and oxygen atoms in total. The number of nitrogens with zero attached hydrogens (tertiary/aromatic N) is 1. The third-order valence-electron chi connectivity index (χ3n) is 4.04. The molecule has 2 rings (SSSR count). The first kappa shape index (κ1) is 14.1. The lowest BCUT2D eigenvalue weighted by atomic mass is 9.68. The molecule has 1 heterocycles. The SMILES string of the molecule is COC(=O)C1(CN(C)CCc2ccc(C)o2)CCC1. The molecule has 106 valence electrons. The summed E-state index contributed by atoms with van der Waals surface area (Å²) >= 11 is 0. The predicted octanol–water partition coefficient (Wildman–Crippen LogP) is 2.41. The Hall–Kier alpha value is -1.29. The number of carbonyl (C=O) groups is 1. The minimum atomic E-state index is -0.261. The number of methoxy groups -OCH3 is 1. The van der Waals surface area contributed by atoms with Gasteiger partial charge in [0.05, 0.1) is 12.5 Å². The summed E-state index contributed by atoms with van der Waals surface area (Å²) in [6, 6.07) is 4.00. The number of hydrogen-bond acceptors (Lipinski definition) is 4. The van der Waals surface area contributed by atoms with Crippen molar-refractivity contribution in [1.82, 2.24) is 4.90 Å². The molecule has 1 aliphatic rings. The van der Waals surface area contributed by atoms with Gasteiger partial charge in [0, 0.05) is 19.5 Å². The van der Waals surface area contributed by atoms with E-state index in [4.69, 9.17) is 9.15 Å². The molecular formula is C15H23NO3. The van der Waals surface area contributed by atoms with Crippen LogP contribution in [0.3, 0.4) is 0 Å². The van der Waals surface area contributed by atoms with Crippen LogP contribution in [0.1, 0.15) is 30.8 Å². The fourth-order valence-corrected chi connectivity index (χ4v) is 2.76. The summed E-state index contributed by atoms with van der Waals surface area (Å²) in [5.74, 6) is 1.90. The molecule has 0 saturated heterocycles. The molecule has 0 aliphatic heterocycles. The maximum Gasteiger partial charge on any atom is 0.313 e. The molecular weight excluding hydrogens is 242 g/mol. The van der Waals surface area contributed by atoms with Gasteiger partial charge in [-0.2, -0.15) is 0 Å². The van der Waals surface area contributed by atoms with Gasteiger partial charge in [0.15, 0.2) is 0 Å². The number of carbonyl (C=O) groups excluding carboxylic acids is 1. The first-order valence-corrected chi connectivity index (χ1v) is 6.88. The molecule has 0 N–H and O–H groups in total. The molecule has 1 aromatic heterocycles. The Balaban J connectivity index is 1.83. The van der Waals surface area contributed by atoms with Crippen molar-refractivity contribution in [2.45, 2.75) is 32.6 Å². The minimum absolute atomic E-state index is 0.0561. The van der Waals surface area contributed by atoms with Crippen molar-refractivity contribution in [3.63, 3.8) is 0 Å². The number of aryl methyl sites for hydroxylation is 1. The normalized spacial score (nSPS) is 17.3. The molecule has 0 radical (unpaired) electrons. The highest BCUT2D eigenvalue weighted by molar-refractivity contribution is 5.78. The van der Waals surface area contributed by atoms with Gasteiger partial charge >= 0.3 is 5.97 Å². The molecule has 0 aromatic carbocycles. The zero-order valence-corrected chi connectivity index (χ0v) is 12.1. The van der Waals surface area contributed by atoms with Crippen molar-refractivity contribution in [2.24, 2.45) is 5.41 Å². The summed E-state index contributed by atoms with van der Waals surface area (Å²) in [4.78, 5) is 14.1. The highest BCUT2D eigenvalue weighted by Crippen LogP contribution is 2.42. The van der Waals surface area contributed by atoms with Crippen LogP contribution in [-0.2, 0) is 16.0 Å². The van der Waals surface area contributed by atoms with Gasteiger partial charge in [0.1, 0.15) is 11.5 Å². The van der Waals surface area contributed by atoms with Crippen LogP contribution in [0.5, 0.6) is 0 Å². The van der Waals surface area contributed by atoms with Crippen LogP contribution in [0.4, 0.5) is 0 Å². The molecule has 0 unspecified atom stereocenters. The average Bonchev–Trinajstić information content (AvgIpc) is 2.76. The Kier molecular flexibility index (Phi) is 4.30. The number of rotatable bonds is 6. The van der Waals surface area contributed by atoms with E-state index in [0.717, 1.165) is 50.3 Å². The van der Waals surface area contributed by atoms with Gasteiger partial charge in [-0.15, -0.1) is 0 Å². The van der Waals surface area contributed by atoms with Gasteiger partial charge in [-0.3, -0.25) is 4.79 Å². The molecule has 4 heteroatoms. The van der Waals surface area contributed by atoms with Crippen LogP contribution >= 0.6 is 0 Å². The number of likely N-dealkylation sites (N-methyl/N-ethyl adjacent to an activating group) is 1. The third-order valence-corrected chi connectivity index (χ3v) is 4.04. The van der Waals surface area contributed by atoms with Crippen molar-refractivity contribution < 1.29 is 13.9 Å². The van der Waals surface area contributed by atoms with E-state index in [2.05, 4.69) is 11.9 Å². The Morgan fingerprint density at radius 2 is 2.21 bits per heavy atom. The van der Waals surface area contributed by atoms with Crippen LogP contribution in [-0.4, -0.2) is 38.1 Å². The summed E-state index contributed by atoms with van der Waals surface area (Å²) in [6.07, 6.45) is 3.90. The van der Waals surface area contributed by atoms with E-state index in [1.165, 1.54) is 7.11 Å². The highest BCUT2D eigenvalue weighted by atomic mass is 16.5. The maximum atomic E-state index is 11.9. The standard InChI is InChI=1S/C15H23NO3/c1-12-5-6-13(19-12)7-10-16(2)11-15(8-4-9-15)14(17)18-3/h5-6H,4,7-11H2,1-3H3. The number of ether oxygens (including phenoxy) is 1. The van der Waals surface area contributed by atoms with E-state index in [1.54, 1.807) is 0 Å². The Bertz CT molecular complexity index is 434. The largest absolute Gasteiger partial charge is 0.469 e. The molecule has 19 heavy (non-hydrogen) atoms. The quantitative estimate of drug-likeness (QED) is 0.741. The lowest BCUT2D eigenvalue weighted by Crippen LogP contribution is -2.47. The van der Waals surface area contributed by atoms with Gasteiger partial charge in [-0.05, 0) is 38.9 Å². The minimum Gasteiger partial charge on any atom is -0.469 e. The average molecular weight is 265 g/mol. The molecule has 0 amide bonds. The fourth-order valence-electron chi connectivity index (χ4n) is 2.76. The summed E-state index contributed by atoms with van der Waals surface area (Å²) in [5.41, 5.74) is -0.261. The first-order valence-electron chi connectivity index (χ1n) is 6.88. The van der Waals surface area contributed by atoms with Crippen LogP contribution < -0.4 is 0 Å². The van der Waals surface area contributed by atoms with Gasteiger partial charge in [0.2, 0.25) is 0 Å². The van der Waals surface area contributed by atoms with Gasteiger partial charge in [-0.25, -0.2) is 0 Å². The zero-order valence-electron chi connectivity index (χ0n) is 12.1. The fraction of sp³-hybridized carbons (Fsp3) is 0.667. The Labute approximate surface area is 114 Å². The molecule has 1 aliphatic carbocycles. The Morgan fingerprint density at radius 3 is 2.68 bits per heavy atom. The monoisotopic (exact) mass is 265 g/mol. The third kappa shape index (κ3) is 3.18. The van der Waals surface area contributed by atoms with Crippen LogP contribution in [0.15, 0.2) is 16.5 Å². The first-order chi connectivity index (χ1) is 9.05. The van der Waals surface area contributed by atoms with E-state index in [0.29, 0.717) is 0 Å². The van der Waals surface area contributed by atoms with Crippen LogP contribution in [0.2, 0.25) is 0 Å². The summed E-state index contributed by atoms with van der Waals surface area (Å²) in [6.45, 7) is 3.62. The topological polar surface area (TPSA) is 42.7 Å². The number of esters is 1. The van der Waals surface area contributed by atoms with E-state index in [9.17, 15) is 4.79 Å². The highest BCUT2D eigenvalue weighted by Gasteiger charge is 2.45. The molecule has 0 spiro atoms. The molecule has 0 atom stereocenters. The molecule has 0 bridgehead atoms. The second-order valence-corrected chi connectivity index (χ2v) is 5.63. The van der Waals surface area contributed by atoms with E-state index >= 15 is 0 Å². The van der Waals surface area contributed by atoms with Crippen LogP contribution in [0.25, 0.3) is 0 Å². The van der Waals surface area contributed by atoms with Gasteiger partial charge in [-0.1, -0.05) is 6.42 Å². The molecule has 1 fully saturated rings. The van der Waals surface area contributed by atoms with E-state index in [-0.39, 0.29) is 11.4 Å². The van der Waals surface area contributed by atoms with Crippen molar-refractivity contribution >= 4 is 5.97 Å². The van der Waals surface area contributed by atoms with Crippen molar-refractivity contribution in [2.75, 3.05) is 27.2 Å². The van der Waals surface area contributed by atoms with Crippen molar-refractivity contribution in [3.05, 3.63) is 23.7 Å².